The third-order valence-corrected chi connectivity index (χ3v) is 19.5. The summed E-state index contributed by atoms with van der Waals surface area (Å²) in [5.41, 5.74) is 10.7. The van der Waals surface area contributed by atoms with Crippen LogP contribution in [-0.2, 0) is 0 Å². The lowest BCUT2D eigenvalue weighted by molar-refractivity contribution is -0.0548. The Morgan fingerprint density at radius 2 is 0.552 bits per heavy atom. The topological polar surface area (TPSA) is 36.9 Å². The van der Waals surface area contributed by atoms with Crippen molar-refractivity contribution in [1.82, 2.24) is 0 Å². The third kappa shape index (κ3) is 21.1. The predicted molar refractivity (Wildman–Crippen MR) is 355 cm³/mol. The van der Waals surface area contributed by atoms with Crippen LogP contribution in [0.2, 0.25) is 0 Å². The molecule has 0 unspecified atom stereocenters. The van der Waals surface area contributed by atoms with E-state index in [4.69, 9.17) is 0 Å². The van der Waals surface area contributed by atoms with Crippen LogP contribution in [0.3, 0.4) is 0 Å². The lowest BCUT2D eigenvalue weighted by Gasteiger charge is -2.26. The van der Waals surface area contributed by atoms with E-state index in [9.17, 15) is 52.7 Å². The molecule has 4 saturated carbocycles. The fourth-order valence-corrected chi connectivity index (χ4v) is 13.7. The van der Waals surface area contributed by atoms with Gasteiger partial charge in [-0.15, -0.1) is 0 Å². The molecule has 16 heteroatoms. The summed E-state index contributed by atoms with van der Waals surface area (Å²) in [6.07, 6.45) is 19.5. The van der Waals surface area contributed by atoms with Crippen LogP contribution < -0.4 is 18.9 Å². The lowest BCUT2D eigenvalue weighted by atomic mass is 9.79. The monoisotopic (exact) mass is 1340 g/mol. The van der Waals surface area contributed by atoms with Crippen LogP contribution in [0.25, 0.3) is 44.5 Å². The van der Waals surface area contributed by atoms with Crippen LogP contribution >= 0.6 is 0 Å². The van der Waals surface area contributed by atoms with Crippen molar-refractivity contribution < 1.29 is 71.6 Å². The van der Waals surface area contributed by atoms with Crippen molar-refractivity contribution in [3.05, 3.63) is 215 Å². The van der Waals surface area contributed by atoms with Crippen LogP contribution in [-0.4, -0.2) is 26.4 Å². The number of halogens is 12. The lowest BCUT2D eigenvalue weighted by Crippen LogP contribution is -2.11. The molecular weight excluding hydrogens is 1250 g/mol. The fourth-order valence-electron chi connectivity index (χ4n) is 13.7. The Morgan fingerprint density at radius 3 is 0.896 bits per heavy atom. The summed E-state index contributed by atoms with van der Waals surface area (Å²) in [6.45, 7) is -2.76. The first kappa shape index (κ1) is 72.4. The van der Waals surface area contributed by atoms with E-state index in [1.54, 1.807) is 42.5 Å². The molecule has 0 radical (unpaired) electrons. The van der Waals surface area contributed by atoms with Gasteiger partial charge in [-0.2, -0.15) is 35.1 Å². The molecule has 0 aromatic heterocycles. The highest BCUT2D eigenvalue weighted by Gasteiger charge is 2.25. The van der Waals surface area contributed by atoms with Crippen molar-refractivity contribution in [2.75, 3.05) is 0 Å². The molecule has 12 rings (SSSR count). The van der Waals surface area contributed by atoms with Gasteiger partial charge in [0, 0.05) is 5.56 Å². The summed E-state index contributed by atoms with van der Waals surface area (Å²) in [5, 5.41) is 0. The van der Waals surface area contributed by atoms with Gasteiger partial charge in [-0.3, -0.25) is 0 Å². The zero-order chi connectivity index (χ0) is 68.4. The van der Waals surface area contributed by atoms with Gasteiger partial charge in [-0.1, -0.05) is 194 Å². The molecule has 0 amide bonds. The molecule has 4 fully saturated rings. The molecule has 0 atom stereocenters. The Kier molecular flexibility index (Phi) is 26.3. The van der Waals surface area contributed by atoms with Crippen molar-refractivity contribution in [2.45, 2.75) is 181 Å². The van der Waals surface area contributed by atoms with E-state index in [0.717, 1.165) is 83.7 Å². The van der Waals surface area contributed by atoms with Crippen LogP contribution in [0.4, 0.5) is 52.7 Å². The molecule has 0 spiro atoms. The Bertz CT molecular complexity index is 3620. The van der Waals surface area contributed by atoms with Gasteiger partial charge in [0.15, 0.2) is 29.0 Å². The zero-order valence-electron chi connectivity index (χ0n) is 54.6. The Labute approximate surface area is 556 Å². The van der Waals surface area contributed by atoms with Crippen LogP contribution in [0, 0.1) is 46.9 Å². The number of hydrogen-bond acceptors (Lipinski definition) is 4. The largest absolute Gasteiger partial charge is 0.435 e. The van der Waals surface area contributed by atoms with Gasteiger partial charge in [0.1, 0.15) is 17.3 Å². The second-order valence-corrected chi connectivity index (χ2v) is 26.4. The molecule has 512 valence electrons. The average molecular weight is 1340 g/mol. The molecule has 4 aliphatic carbocycles. The summed E-state index contributed by atoms with van der Waals surface area (Å²) < 4.78 is 170. The minimum absolute atomic E-state index is 0.0714. The quantitative estimate of drug-likeness (QED) is 0.0904. The van der Waals surface area contributed by atoms with Crippen LogP contribution in [0.5, 0.6) is 23.0 Å². The van der Waals surface area contributed by atoms with E-state index in [1.807, 2.05) is 54.6 Å². The summed E-state index contributed by atoms with van der Waals surface area (Å²) in [6, 6.07) is 48.7. The van der Waals surface area contributed by atoms with Crippen molar-refractivity contribution in [3.8, 4) is 67.5 Å². The van der Waals surface area contributed by atoms with Crippen molar-refractivity contribution >= 4 is 0 Å². The summed E-state index contributed by atoms with van der Waals surface area (Å²) >= 11 is 0. The van der Waals surface area contributed by atoms with E-state index < -0.39 is 55.4 Å². The van der Waals surface area contributed by atoms with E-state index in [-0.39, 0.29) is 17.3 Å². The molecule has 4 aliphatic rings. The second-order valence-electron chi connectivity index (χ2n) is 26.4. The molecule has 0 N–H and O–H groups in total. The first-order valence-corrected chi connectivity index (χ1v) is 33.5. The van der Waals surface area contributed by atoms with E-state index in [1.165, 1.54) is 118 Å². The molecular formula is C80H84F12O4. The number of alkyl halides is 8. The van der Waals surface area contributed by atoms with Gasteiger partial charge in [-0.25, -0.2) is 17.6 Å². The maximum absolute atomic E-state index is 14.5. The van der Waals surface area contributed by atoms with Gasteiger partial charge >= 0.3 is 26.4 Å². The normalized spacial score (nSPS) is 21.0. The minimum Gasteiger partial charge on any atom is -0.435 e. The Hall–Kier alpha value is -7.88. The molecule has 96 heavy (non-hydrogen) atoms. The van der Waals surface area contributed by atoms with Crippen LogP contribution in [0.15, 0.2) is 170 Å². The van der Waals surface area contributed by atoms with Gasteiger partial charge in [0.05, 0.1) is 0 Å². The number of benzene rings is 8. The Balaban J connectivity index is 0.000000150. The minimum atomic E-state index is -3.27. The molecule has 0 bridgehead atoms. The van der Waals surface area contributed by atoms with Crippen LogP contribution in [0.1, 0.15) is 176 Å². The van der Waals surface area contributed by atoms with E-state index in [0.29, 0.717) is 51.5 Å². The summed E-state index contributed by atoms with van der Waals surface area (Å²) in [4.78, 5) is 0. The number of ether oxygens (including phenoxy) is 4. The zero-order valence-corrected chi connectivity index (χ0v) is 54.6. The molecule has 0 heterocycles. The first-order chi connectivity index (χ1) is 46.1. The van der Waals surface area contributed by atoms with Gasteiger partial charge in [0.25, 0.3) is 0 Å². The highest BCUT2D eigenvalue weighted by molar-refractivity contribution is 5.68. The van der Waals surface area contributed by atoms with Crippen molar-refractivity contribution in [1.29, 1.82) is 0 Å². The van der Waals surface area contributed by atoms with Gasteiger partial charge in [-0.05, 0) is 215 Å². The van der Waals surface area contributed by atoms with E-state index in [2.05, 4.69) is 83.0 Å². The molecule has 0 saturated heterocycles. The fraction of sp³-hybridized carbons (Fsp3) is 0.400. The van der Waals surface area contributed by atoms with Crippen molar-refractivity contribution in [2.24, 2.45) is 23.7 Å². The molecule has 0 aliphatic heterocycles. The van der Waals surface area contributed by atoms with Gasteiger partial charge < -0.3 is 18.9 Å². The smallest absolute Gasteiger partial charge is 0.387 e. The molecule has 8 aromatic carbocycles. The summed E-state index contributed by atoms with van der Waals surface area (Å²) in [7, 11) is 0. The first-order valence-electron chi connectivity index (χ1n) is 33.5. The SMILES string of the molecule is CC1CCC(c2ccc(-c3cc(F)c(OC(F)F)c(F)c3)cc2)CC1.CC1CCC(c2ccc(-c3ccc(OC(F)F)c(F)c3)cc2)CC1.CC1CCC(c2ccc(-c3ccc(OC(F)F)cc3)c(F)c2)CC1.CC1CCC(c2ccc(-c3ccc(OC(F)F)cc3)cc2)CC1. The second kappa shape index (κ2) is 34.9. The molecule has 8 aromatic rings. The number of rotatable bonds is 16. The highest BCUT2D eigenvalue weighted by Crippen LogP contribution is 2.42. The average Bonchev–Trinajstić information content (AvgIpc) is 0.928. The number of hydrogen-bond donors (Lipinski definition) is 0. The third-order valence-electron chi connectivity index (χ3n) is 19.5. The summed E-state index contributed by atoms with van der Waals surface area (Å²) in [5.74, 6) is 0.926. The van der Waals surface area contributed by atoms with Gasteiger partial charge in [0.2, 0.25) is 0 Å². The maximum atomic E-state index is 14.5. The van der Waals surface area contributed by atoms with Crippen molar-refractivity contribution in [3.63, 3.8) is 0 Å². The van der Waals surface area contributed by atoms with E-state index >= 15 is 0 Å². The highest BCUT2D eigenvalue weighted by atomic mass is 19.3. The maximum Gasteiger partial charge on any atom is 0.387 e. The Morgan fingerprint density at radius 1 is 0.260 bits per heavy atom. The standard InChI is InChI=1S/C20H20F4O.2C20H21F3O.C20H22F2O/c1-12-2-4-13(5-3-12)14-6-8-15(9-7-14)16-10-17(21)19(18(22)11-16)25-20(23)24;1-13-2-4-14(5-3-13)16-8-11-18(19(21)12-16)15-6-9-17(10-7-15)24-20(22)23;1-13-2-4-14(5-3-13)15-6-8-16(9-7-15)17-10-11-19(18(21)12-17)24-20(22)23;1-14-2-4-15(5-3-14)16-6-8-17(9-7-16)18-10-12-19(13-11-18)23-20(21)22/h6-13,20H,2-5H2,1H3;2*6-14,20H,2-5H2,1H3;6-15,20H,2-5H2,1H3. The molecule has 4 nitrogen and oxygen atoms in total. The predicted octanol–water partition coefficient (Wildman–Crippen LogP) is 25.6.